The third kappa shape index (κ3) is 0.934. The maximum Gasteiger partial charge on any atom is 0.116 e. The standard InChI is InChI=1S/C11H12O/c1-7-5-9-3-4-10(12)6-11(9)8(7)2/h3-4,6,12H,5H2,1-2H3. The largest absolute Gasteiger partial charge is 0.508 e. The minimum Gasteiger partial charge on any atom is -0.508 e. The fourth-order valence-electron chi connectivity index (χ4n) is 1.72. The summed E-state index contributed by atoms with van der Waals surface area (Å²) in [6.07, 6.45) is 1.04. The van der Waals surface area contributed by atoms with Gasteiger partial charge in [-0.2, -0.15) is 0 Å². The molecule has 1 aliphatic carbocycles. The highest BCUT2D eigenvalue weighted by atomic mass is 16.3. The van der Waals surface area contributed by atoms with Crippen LogP contribution in [0.1, 0.15) is 25.0 Å². The zero-order valence-electron chi connectivity index (χ0n) is 7.39. The van der Waals surface area contributed by atoms with E-state index in [4.69, 9.17) is 0 Å². The molecule has 0 unspecified atom stereocenters. The summed E-state index contributed by atoms with van der Waals surface area (Å²) < 4.78 is 0. The van der Waals surface area contributed by atoms with E-state index in [0.717, 1.165) is 6.42 Å². The van der Waals surface area contributed by atoms with Gasteiger partial charge in [-0.05, 0) is 49.1 Å². The highest BCUT2D eigenvalue weighted by molar-refractivity contribution is 5.75. The smallest absolute Gasteiger partial charge is 0.116 e. The van der Waals surface area contributed by atoms with Gasteiger partial charge in [0.05, 0.1) is 0 Å². The number of phenols is 1. The molecule has 12 heavy (non-hydrogen) atoms. The first kappa shape index (κ1) is 7.41. The van der Waals surface area contributed by atoms with Crippen molar-refractivity contribution in [1.29, 1.82) is 0 Å². The van der Waals surface area contributed by atoms with Gasteiger partial charge in [-0.3, -0.25) is 0 Å². The van der Waals surface area contributed by atoms with Crippen LogP contribution in [0.3, 0.4) is 0 Å². The topological polar surface area (TPSA) is 20.2 Å². The summed E-state index contributed by atoms with van der Waals surface area (Å²) in [7, 11) is 0. The zero-order valence-corrected chi connectivity index (χ0v) is 7.39. The van der Waals surface area contributed by atoms with Crippen LogP contribution in [0.5, 0.6) is 5.75 Å². The lowest BCUT2D eigenvalue weighted by atomic mass is 10.1. The van der Waals surface area contributed by atoms with E-state index in [2.05, 4.69) is 13.8 Å². The summed E-state index contributed by atoms with van der Waals surface area (Å²) in [6, 6.07) is 5.61. The van der Waals surface area contributed by atoms with Crippen LogP contribution in [-0.2, 0) is 6.42 Å². The van der Waals surface area contributed by atoms with E-state index in [1.54, 1.807) is 6.07 Å². The predicted octanol–water partition coefficient (Wildman–Crippen LogP) is 2.74. The van der Waals surface area contributed by atoms with Crippen molar-refractivity contribution in [3.8, 4) is 5.75 Å². The third-order valence-corrected chi connectivity index (χ3v) is 2.59. The molecule has 0 aromatic heterocycles. The predicted molar refractivity (Wildman–Crippen MR) is 50.1 cm³/mol. The summed E-state index contributed by atoms with van der Waals surface area (Å²) in [6.45, 7) is 4.26. The highest BCUT2D eigenvalue weighted by Crippen LogP contribution is 2.33. The lowest BCUT2D eigenvalue weighted by molar-refractivity contribution is 0.475. The van der Waals surface area contributed by atoms with E-state index in [-0.39, 0.29) is 0 Å². The molecule has 0 spiro atoms. The number of aromatic hydroxyl groups is 1. The molecule has 0 fully saturated rings. The third-order valence-electron chi connectivity index (χ3n) is 2.59. The second-order valence-corrected chi connectivity index (χ2v) is 3.42. The molecule has 0 saturated heterocycles. The van der Waals surface area contributed by atoms with E-state index in [0.29, 0.717) is 5.75 Å². The van der Waals surface area contributed by atoms with Crippen LogP contribution in [-0.4, -0.2) is 5.11 Å². The Kier molecular flexibility index (Phi) is 1.47. The second kappa shape index (κ2) is 2.37. The van der Waals surface area contributed by atoms with Crippen molar-refractivity contribution in [3.63, 3.8) is 0 Å². The molecule has 0 saturated carbocycles. The zero-order chi connectivity index (χ0) is 8.72. The van der Waals surface area contributed by atoms with Gasteiger partial charge < -0.3 is 5.11 Å². The van der Waals surface area contributed by atoms with Gasteiger partial charge in [-0.1, -0.05) is 11.6 Å². The molecule has 1 aromatic rings. The van der Waals surface area contributed by atoms with E-state index >= 15 is 0 Å². The van der Waals surface area contributed by atoms with E-state index < -0.39 is 0 Å². The Morgan fingerprint density at radius 2 is 2.00 bits per heavy atom. The number of rotatable bonds is 0. The Balaban J connectivity index is 2.60. The van der Waals surface area contributed by atoms with Crippen molar-refractivity contribution >= 4 is 5.57 Å². The molecule has 1 heteroatoms. The monoisotopic (exact) mass is 160 g/mol. The average Bonchev–Trinajstić information content (AvgIpc) is 2.31. The lowest BCUT2D eigenvalue weighted by Gasteiger charge is -2.00. The van der Waals surface area contributed by atoms with Crippen molar-refractivity contribution in [1.82, 2.24) is 0 Å². The number of phenolic OH excluding ortho intramolecular Hbond substituents is 1. The van der Waals surface area contributed by atoms with Gasteiger partial charge in [0, 0.05) is 0 Å². The molecule has 0 aliphatic heterocycles. The molecule has 1 nitrogen and oxygen atoms in total. The SMILES string of the molecule is CC1=C(C)c2cc(O)ccc2C1. The van der Waals surface area contributed by atoms with Crippen molar-refractivity contribution in [2.45, 2.75) is 20.3 Å². The maximum absolute atomic E-state index is 9.28. The number of hydrogen-bond donors (Lipinski definition) is 1. The Morgan fingerprint density at radius 1 is 1.25 bits per heavy atom. The Bertz CT molecular complexity index is 361. The van der Waals surface area contributed by atoms with Gasteiger partial charge in [-0.15, -0.1) is 0 Å². The van der Waals surface area contributed by atoms with Crippen LogP contribution in [0.4, 0.5) is 0 Å². The number of hydrogen-bond acceptors (Lipinski definition) is 1. The van der Waals surface area contributed by atoms with E-state index in [9.17, 15) is 5.11 Å². The summed E-state index contributed by atoms with van der Waals surface area (Å²) in [5.74, 6) is 0.364. The van der Waals surface area contributed by atoms with Crippen molar-refractivity contribution < 1.29 is 5.11 Å². The van der Waals surface area contributed by atoms with Crippen molar-refractivity contribution in [2.24, 2.45) is 0 Å². The van der Waals surface area contributed by atoms with Crippen LogP contribution in [0.15, 0.2) is 23.8 Å². The molecular weight excluding hydrogens is 148 g/mol. The molecule has 1 N–H and O–H groups in total. The summed E-state index contributed by atoms with van der Waals surface area (Å²) in [5.41, 5.74) is 5.28. The summed E-state index contributed by atoms with van der Waals surface area (Å²) in [5, 5.41) is 9.28. The van der Waals surface area contributed by atoms with Crippen LogP contribution in [0.25, 0.3) is 5.57 Å². The van der Waals surface area contributed by atoms with Crippen molar-refractivity contribution in [2.75, 3.05) is 0 Å². The first-order valence-electron chi connectivity index (χ1n) is 4.17. The van der Waals surface area contributed by atoms with Gasteiger partial charge in [0.25, 0.3) is 0 Å². The quantitative estimate of drug-likeness (QED) is 0.618. The highest BCUT2D eigenvalue weighted by Gasteiger charge is 2.14. The van der Waals surface area contributed by atoms with Gasteiger partial charge >= 0.3 is 0 Å². The van der Waals surface area contributed by atoms with Gasteiger partial charge in [0.15, 0.2) is 0 Å². The first-order valence-corrected chi connectivity index (χ1v) is 4.17. The number of allylic oxidation sites excluding steroid dienone is 2. The van der Waals surface area contributed by atoms with E-state index in [1.165, 1.54) is 22.3 Å². The Labute approximate surface area is 72.4 Å². The summed E-state index contributed by atoms with van der Waals surface area (Å²) in [4.78, 5) is 0. The van der Waals surface area contributed by atoms with Gasteiger partial charge in [0.2, 0.25) is 0 Å². The fraction of sp³-hybridized carbons (Fsp3) is 0.273. The normalized spacial score (nSPS) is 15.2. The average molecular weight is 160 g/mol. The molecule has 0 amide bonds. The molecular formula is C11H12O. The van der Waals surface area contributed by atoms with Crippen LogP contribution in [0.2, 0.25) is 0 Å². The number of benzene rings is 1. The lowest BCUT2D eigenvalue weighted by Crippen LogP contribution is -1.81. The molecule has 0 heterocycles. The minimum atomic E-state index is 0.364. The Hall–Kier alpha value is -1.24. The summed E-state index contributed by atoms with van der Waals surface area (Å²) >= 11 is 0. The first-order chi connectivity index (χ1) is 5.68. The molecule has 1 aromatic carbocycles. The molecule has 1 aliphatic rings. The molecule has 0 radical (unpaired) electrons. The molecule has 62 valence electrons. The molecule has 0 bridgehead atoms. The number of fused-ring (bicyclic) bond motifs is 1. The fourth-order valence-corrected chi connectivity index (χ4v) is 1.72. The van der Waals surface area contributed by atoms with Gasteiger partial charge in [0.1, 0.15) is 5.75 Å². The molecule has 2 rings (SSSR count). The Morgan fingerprint density at radius 3 is 2.75 bits per heavy atom. The minimum absolute atomic E-state index is 0.364. The van der Waals surface area contributed by atoms with E-state index in [1.807, 2.05) is 12.1 Å². The van der Waals surface area contributed by atoms with Crippen LogP contribution < -0.4 is 0 Å². The maximum atomic E-state index is 9.28. The van der Waals surface area contributed by atoms with Gasteiger partial charge in [-0.25, -0.2) is 0 Å². The van der Waals surface area contributed by atoms with Crippen molar-refractivity contribution in [3.05, 3.63) is 34.9 Å². The molecule has 0 atom stereocenters. The van der Waals surface area contributed by atoms with Crippen LogP contribution >= 0.6 is 0 Å². The van der Waals surface area contributed by atoms with Crippen LogP contribution in [0, 0.1) is 0 Å². The second-order valence-electron chi connectivity index (χ2n) is 3.42.